The molecule has 1 aromatic carbocycles. The molecule has 1 aromatic heterocycles. The lowest BCUT2D eigenvalue weighted by Gasteiger charge is -2.04. The number of anilines is 1. The van der Waals surface area contributed by atoms with E-state index in [0.717, 1.165) is 33.8 Å². The van der Waals surface area contributed by atoms with E-state index in [2.05, 4.69) is 16.9 Å². The minimum atomic E-state index is 0.760. The summed E-state index contributed by atoms with van der Waals surface area (Å²) in [4.78, 5) is 8.49. The fourth-order valence-electron chi connectivity index (χ4n) is 1.36. The van der Waals surface area contributed by atoms with Crippen LogP contribution in [0.15, 0.2) is 29.6 Å². The Morgan fingerprint density at radius 1 is 1.33 bits per heavy atom. The maximum atomic E-state index is 5.76. The number of aromatic nitrogens is 2. The van der Waals surface area contributed by atoms with Gasteiger partial charge in [-0.25, -0.2) is 9.97 Å². The molecule has 2 aromatic rings. The van der Waals surface area contributed by atoms with Crippen molar-refractivity contribution in [3.8, 4) is 0 Å². The van der Waals surface area contributed by atoms with E-state index in [9.17, 15) is 0 Å². The predicted octanol–water partition coefficient (Wildman–Crippen LogP) is 2.71. The second-order valence-electron chi connectivity index (χ2n) is 3.30. The first-order chi connectivity index (χ1) is 7.31. The van der Waals surface area contributed by atoms with Gasteiger partial charge >= 0.3 is 0 Å². The lowest BCUT2D eigenvalue weighted by atomic mass is 10.2. The van der Waals surface area contributed by atoms with Crippen molar-refractivity contribution in [1.29, 1.82) is 0 Å². The first kappa shape index (κ1) is 10.2. The molecule has 2 rings (SSSR count). The molecular formula is C11H13N3S. The number of benzene rings is 1. The summed E-state index contributed by atoms with van der Waals surface area (Å²) in [5.74, 6) is 1.07. The van der Waals surface area contributed by atoms with Crippen LogP contribution in [0.2, 0.25) is 0 Å². The molecule has 0 radical (unpaired) electrons. The van der Waals surface area contributed by atoms with Crippen molar-refractivity contribution < 1.29 is 0 Å². The van der Waals surface area contributed by atoms with Crippen LogP contribution in [0.1, 0.15) is 13.3 Å². The highest BCUT2D eigenvalue weighted by Gasteiger charge is 2.03. The van der Waals surface area contributed by atoms with Crippen LogP contribution >= 0.6 is 11.8 Å². The normalized spacial score (nSPS) is 10.7. The average molecular weight is 219 g/mol. The van der Waals surface area contributed by atoms with Gasteiger partial charge in [0.25, 0.3) is 0 Å². The largest absolute Gasteiger partial charge is 0.399 e. The van der Waals surface area contributed by atoms with Crippen LogP contribution in [0.5, 0.6) is 0 Å². The van der Waals surface area contributed by atoms with Crippen molar-refractivity contribution >= 4 is 28.4 Å². The smallest absolute Gasteiger partial charge is 0.117 e. The van der Waals surface area contributed by atoms with Gasteiger partial charge in [-0.15, -0.1) is 11.8 Å². The van der Waals surface area contributed by atoms with Gasteiger partial charge in [-0.05, 0) is 30.4 Å². The molecule has 0 aliphatic heterocycles. The molecule has 0 bridgehead atoms. The van der Waals surface area contributed by atoms with Gasteiger partial charge < -0.3 is 5.73 Å². The third-order valence-corrected chi connectivity index (χ3v) is 3.28. The number of nitrogen functional groups attached to an aromatic ring is 1. The minimum absolute atomic E-state index is 0.760. The quantitative estimate of drug-likeness (QED) is 0.490. The van der Waals surface area contributed by atoms with Crippen molar-refractivity contribution in [2.24, 2.45) is 0 Å². The van der Waals surface area contributed by atoms with Crippen LogP contribution in [-0.4, -0.2) is 15.7 Å². The van der Waals surface area contributed by atoms with Gasteiger partial charge in [-0.1, -0.05) is 6.92 Å². The van der Waals surface area contributed by atoms with Crippen LogP contribution in [0.25, 0.3) is 10.9 Å². The van der Waals surface area contributed by atoms with Crippen molar-refractivity contribution in [3.05, 3.63) is 24.5 Å². The molecule has 0 saturated carbocycles. The van der Waals surface area contributed by atoms with Gasteiger partial charge in [0, 0.05) is 11.1 Å². The van der Waals surface area contributed by atoms with Crippen molar-refractivity contribution in [3.63, 3.8) is 0 Å². The zero-order chi connectivity index (χ0) is 10.7. The highest BCUT2D eigenvalue weighted by atomic mass is 32.2. The van der Waals surface area contributed by atoms with Gasteiger partial charge in [-0.3, -0.25) is 0 Å². The molecule has 0 unspecified atom stereocenters. The first-order valence-electron chi connectivity index (χ1n) is 4.94. The zero-order valence-electron chi connectivity index (χ0n) is 8.60. The van der Waals surface area contributed by atoms with Gasteiger partial charge in [0.2, 0.25) is 0 Å². The molecular weight excluding hydrogens is 206 g/mol. The van der Waals surface area contributed by atoms with Crippen molar-refractivity contribution in [1.82, 2.24) is 9.97 Å². The van der Waals surface area contributed by atoms with Crippen molar-refractivity contribution in [2.75, 3.05) is 11.5 Å². The molecule has 2 N–H and O–H groups in total. The SMILES string of the molecule is CCCSc1ncnc2ccc(N)cc12. The molecule has 0 aliphatic rings. The maximum absolute atomic E-state index is 5.76. The zero-order valence-corrected chi connectivity index (χ0v) is 9.42. The van der Waals surface area contributed by atoms with E-state index in [1.807, 2.05) is 18.2 Å². The Labute approximate surface area is 93.1 Å². The fourth-order valence-corrected chi connectivity index (χ4v) is 2.20. The monoisotopic (exact) mass is 219 g/mol. The Kier molecular flexibility index (Phi) is 3.06. The van der Waals surface area contributed by atoms with Crippen LogP contribution in [0, 0.1) is 0 Å². The van der Waals surface area contributed by atoms with E-state index in [0.29, 0.717) is 0 Å². The third kappa shape index (κ3) is 2.21. The average Bonchev–Trinajstić information content (AvgIpc) is 2.26. The summed E-state index contributed by atoms with van der Waals surface area (Å²) in [5, 5.41) is 2.07. The lowest BCUT2D eigenvalue weighted by Crippen LogP contribution is -1.90. The second kappa shape index (κ2) is 4.49. The molecule has 0 fully saturated rings. The Morgan fingerprint density at radius 3 is 3.00 bits per heavy atom. The summed E-state index contributed by atoms with van der Waals surface area (Å²) >= 11 is 1.75. The summed E-state index contributed by atoms with van der Waals surface area (Å²) in [6, 6.07) is 5.74. The van der Waals surface area contributed by atoms with Gasteiger partial charge in [0.1, 0.15) is 11.4 Å². The van der Waals surface area contributed by atoms with Gasteiger partial charge in [-0.2, -0.15) is 0 Å². The molecule has 78 valence electrons. The van der Waals surface area contributed by atoms with E-state index < -0.39 is 0 Å². The number of nitrogens with two attached hydrogens (primary N) is 1. The topological polar surface area (TPSA) is 51.8 Å². The fraction of sp³-hybridized carbons (Fsp3) is 0.273. The standard InChI is InChI=1S/C11H13N3S/c1-2-5-15-11-9-6-8(12)3-4-10(9)13-7-14-11/h3-4,6-7H,2,5,12H2,1H3. The van der Waals surface area contributed by atoms with Gasteiger partial charge in [0.15, 0.2) is 0 Å². The van der Waals surface area contributed by atoms with E-state index in [-0.39, 0.29) is 0 Å². The van der Waals surface area contributed by atoms with E-state index >= 15 is 0 Å². The number of nitrogens with zero attached hydrogens (tertiary/aromatic N) is 2. The van der Waals surface area contributed by atoms with E-state index in [1.54, 1.807) is 18.1 Å². The molecule has 4 heteroatoms. The molecule has 0 atom stereocenters. The maximum Gasteiger partial charge on any atom is 0.117 e. The summed E-state index contributed by atoms with van der Waals surface area (Å²) < 4.78 is 0. The molecule has 0 amide bonds. The number of rotatable bonds is 3. The molecule has 0 saturated heterocycles. The first-order valence-corrected chi connectivity index (χ1v) is 5.93. The Hall–Kier alpha value is -1.29. The van der Waals surface area contributed by atoms with Crippen LogP contribution in [0.3, 0.4) is 0 Å². The molecule has 1 heterocycles. The minimum Gasteiger partial charge on any atom is -0.399 e. The summed E-state index contributed by atoms with van der Waals surface area (Å²) in [6.45, 7) is 2.16. The third-order valence-electron chi connectivity index (χ3n) is 2.07. The predicted molar refractivity (Wildman–Crippen MR) is 65.0 cm³/mol. The summed E-state index contributed by atoms with van der Waals surface area (Å²) in [7, 11) is 0. The highest BCUT2D eigenvalue weighted by molar-refractivity contribution is 7.99. The Balaban J connectivity index is 2.48. The second-order valence-corrected chi connectivity index (χ2v) is 4.39. The molecule has 0 spiro atoms. The molecule has 0 aliphatic carbocycles. The molecule has 3 nitrogen and oxygen atoms in total. The van der Waals surface area contributed by atoms with Crippen LogP contribution in [-0.2, 0) is 0 Å². The van der Waals surface area contributed by atoms with Crippen LogP contribution in [0.4, 0.5) is 5.69 Å². The number of hydrogen-bond acceptors (Lipinski definition) is 4. The number of thioether (sulfide) groups is 1. The summed E-state index contributed by atoms with van der Waals surface area (Å²) in [5.41, 5.74) is 7.47. The Morgan fingerprint density at radius 2 is 2.20 bits per heavy atom. The summed E-state index contributed by atoms with van der Waals surface area (Å²) in [6.07, 6.45) is 2.75. The van der Waals surface area contributed by atoms with Crippen LogP contribution < -0.4 is 5.73 Å². The Bertz CT molecular complexity index is 470. The highest BCUT2D eigenvalue weighted by Crippen LogP contribution is 2.26. The van der Waals surface area contributed by atoms with Gasteiger partial charge in [0.05, 0.1) is 5.52 Å². The number of hydrogen-bond donors (Lipinski definition) is 1. The number of fused-ring (bicyclic) bond motifs is 1. The lowest BCUT2D eigenvalue weighted by molar-refractivity contribution is 1.07. The van der Waals surface area contributed by atoms with Crippen molar-refractivity contribution in [2.45, 2.75) is 18.4 Å². The van der Waals surface area contributed by atoms with E-state index in [1.165, 1.54) is 0 Å². The molecule has 15 heavy (non-hydrogen) atoms. The van der Waals surface area contributed by atoms with E-state index in [4.69, 9.17) is 5.73 Å².